The van der Waals surface area contributed by atoms with Crippen molar-refractivity contribution >= 4 is 23.2 Å². The fourth-order valence-corrected chi connectivity index (χ4v) is 2.20. The summed E-state index contributed by atoms with van der Waals surface area (Å²) in [6.07, 6.45) is 1.54. The van der Waals surface area contributed by atoms with Gasteiger partial charge in [0.25, 0.3) is 5.91 Å². The normalized spacial score (nSPS) is 15.1. The molecule has 0 radical (unpaired) electrons. The minimum atomic E-state index is -0.393. The number of nitrogens with one attached hydrogen (secondary N) is 1. The van der Waals surface area contributed by atoms with E-state index in [1.54, 1.807) is 18.2 Å². The van der Waals surface area contributed by atoms with Crippen molar-refractivity contribution in [3.8, 4) is 5.75 Å². The highest BCUT2D eigenvalue weighted by Crippen LogP contribution is 2.33. The van der Waals surface area contributed by atoms with Crippen LogP contribution in [0.15, 0.2) is 42.5 Å². The first-order valence-corrected chi connectivity index (χ1v) is 6.15. The van der Waals surface area contributed by atoms with Gasteiger partial charge in [0, 0.05) is 22.4 Å². The summed E-state index contributed by atoms with van der Waals surface area (Å²) in [6.45, 7) is 0. The fourth-order valence-electron chi connectivity index (χ4n) is 2.20. The molecule has 0 unspecified atom stereocenters. The summed E-state index contributed by atoms with van der Waals surface area (Å²) < 4.78 is 18.9. The van der Waals surface area contributed by atoms with Crippen molar-refractivity contribution in [2.45, 2.75) is 0 Å². The van der Waals surface area contributed by atoms with E-state index in [4.69, 9.17) is 4.74 Å². The van der Waals surface area contributed by atoms with E-state index in [2.05, 4.69) is 5.32 Å². The molecule has 3 nitrogen and oxygen atoms in total. The van der Waals surface area contributed by atoms with Crippen molar-refractivity contribution in [1.82, 2.24) is 0 Å². The molecule has 0 fully saturated rings. The van der Waals surface area contributed by atoms with E-state index in [1.165, 1.54) is 13.2 Å². The van der Waals surface area contributed by atoms with Gasteiger partial charge in [-0.25, -0.2) is 4.39 Å². The van der Waals surface area contributed by atoms with Crippen LogP contribution in [0.25, 0.3) is 11.6 Å². The van der Waals surface area contributed by atoms with Crippen LogP contribution in [0.2, 0.25) is 0 Å². The van der Waals surface area contributed by atoms with Gasteiger partial charge in [0.05, 0.1) is 7.11 Å². The molecule has 1 aliphatic heterocycles. The van der Waals surface area contributed by atoms with Crippen molar-refractivity contribution in [2.24, 2.45) is 0 Å². The van der Waals surface area contributed by atoms with Crippen molar-refractivity contribution in [1.29, 1.82) is 0 Å². The van der Waals surface area contributed by atoms with E-state index in [-0.39, 0.29) is 5.91 Å². The number of methoxy groups -OCH3 is 1. The molecule has 0 bridgehead atoms. The zero-order chi connectivity index (χ0) is 14.1. The van der Waals surface area contributed by atoms with Gasteiger partial charge in [-0.1, -0.05) is 18.2 Å². The summed E-state index contributed by atoms with van der Waals surface area (Å²) in [6, 6.07) is 11.8. The molecule has 1 heterocycles. The molecule has 0 atom stereocenters. The monoisotopic (exact) mass is 269 g/mol. The van der Waals surface area contributed by atoms with Crippen LogP contribution < -0.4 is 10.1 Å². The second kappa shape index (κ2) is 4.81. The van der Waals surface area contributed by atoms with Gasteiger partial charge in [-0.3, -0.25) is 4.79 Å². The van der Waals surface area contributed by atoms with E-state index in [0.29, 0.717) is 16.9 Å². The molecule has 0 saturated carbocycles. The lowest BCUT2D eigenvalue weighted by Crippen LogP contribution is -2.03. The van der Waals surface area contributed by atoms with Crippen molar-refractivity contribution in [3.05, 3.63) is 59.4 Å². The number of hydrogen-bond acceptors (Lipinski definition) is 2. The molecule has 100 valence electrons. The molecule has 1 aliphatic rings. The zero-order valence-corrected chi connectivity index (χ0v) is 10.8. The first-order valence-electron chi connectivity index (χ1n) is 6.15. The average Bonchev–Trinajstić information content (AvgIpc) is 2.77. The van der Waals surface area contributed by atoms with Crippen LogP contribution in [0.4, 0.5) is 10.1 Å². The minimum absolute atomic E-state index is 0.228. The Labute approximate surface area is 115 Å². The third-order valence-electron chi connectivity index (χ3n) is 3.21. The molecule has 2 aromatic carbocycles. The molecule has 0 aliphatic carbocycles. The van der Waals surface area contributed by atoms with Crippen LogP contribution in [0, 0.1) is 5.82 Å². The maximum Gasteiger partial charge on any atom is 0.256 e. The second-order valence-corrected chi connectivity index (χ2v) is 4.45. The molecular formula is C16H12FNO2. The number of amides is 1. The number of carbonyl (C=O) groups excluding carboxylic acids is 1. The number of halogens is 1. The zero-order valence-electron chi connectivity index (χ0n) is 10.8. The van der Waals surface area contributed by atoms with Crippen molar-refractivity contribution in [3.63, 3.8) is 0 Å². The third-order valence-corrected chi connectivity index (χ3v) is 3.21. The van der Waals surface area contributed by atoms with Gasteiger partial charge in [0.2, 0.25) is 0 Å². The van der Waals surface area contributed by atoms with E-state index in [0.717, 1.165) is 11.3 Å². The Morgan fingerprint density at radius 1 is 1.20 bits per heavy atom. The largest absolute Gasteiger partial charge is 0.497 e. The molecule has 0 saturated heterocycles. The highest BCUT2D eigenvalue weighted by molar-refractivity contribution is 6.34. The number of hydrogen-bond donors (Lipinski definition) is 1. The number of rotatable bonds is 2. The van der Waals surface area contributed by atoms with Crippen molar-refractivity contribution < 1.29 is 13.9 Å². The SMILES string of the molecule is COc1ccc(F)c(C=C2C(=O)Nc3ccccc32)c1. The predicted molar refractivity (Wildman–Crippen MR) is 75.9 cm³/mol. The molecule has 4 heteroatoms. The van der Waals surface area contributed by atoms with E-state index in [9.17, 15) is 9.18 Å². The summed E-state index contributed by atoms with van der Waals surface area (Å²) in [4.78, 5) is 12.0. The maximum atomic E-state index is 13.8. The highest BCUT2D eigenvalue weighted by Gasteiger charge is 2.23. The van der Waals surface area contributed by atoms with Crippen LogP contribution in [0.3, 0.4) is 0 Å². The summed E-state index contributed by atoms with van der Waals surface area (Å²) in [7, 11) is 1.52. The Morgan fingerprint density at radius 2 is 2.00 bits per heavy atom. The molecule has 1 amide bonds. The standard InChI is InChI=1S/C16H12FNO2/c1-20-11-6-7-14(17)10(8-11)9-13-12-4-2-3-5-15(12)18-16(13)19/h2-9H,1H3,(H,18,19). The molecule has 3 rings (SSSR count). The number of anilines is 1. The predicted octanol–water partition coefficient (Wildman–Crippen LogP) is 3.33. The minimum Gasteiger partial charge on any atom is -0.497 e. The molecule has 0 aromatic heterocycles. The number of para-hydroxylation sites is 1. The molecular weight excluding hydrogens is 257 g/mol. The molecule has 20 heavy (non-hydrogen) atoms. The average molecular weight is 269 g/mol. The van der Waals surface area contributed by atoms with Gasteiger partial charge in [0.1, 0.15) is 11.6 Å². The van der Waals surface area contributed by atoms with Crippen LogP contribution in [-0.4, -0.2) is 13.0 Å². The first-order chi connectivity index (χ1) is 9.69. The lowest BCUT2D eigenvalue weighted by Gasteiger charge is -2.03. The highest BCUT2D eigenvalue weighted by atomic mass is 19.1. The second-order valence-electron chi connectivity index (χ2n) is 4.45. The summed E-state index contributed by atoms with van der Waals surface area (Å²) >= 11 is 0. The summed E-state index contributed by atoms with van der Waals surface area (Å²) in [5, 5.41) is 2.75. The van der Waals surface area contributed by atoms with Gasteiger partial charge in [-0.05, 0) is 30.3 Å². The van der Waals surface area contributed by atoms with Crippen LogP contribution >= 0.6 is 0 Å². The quantitative estimate of drug-likeness (QED) is 0.849. The van der Waals surface area contributed by atoms with Crippen LogP contribution in [-0.2, 0) is 4.79 Å². The number of ether oxygens (including phenoxy) is 1. The molecule has 1 N–H and O–H groups in total. The third kappa shape index (κ3) is 2.05. The van der Waals surface area contributed by atoms with Crippen molar-refractivity contribution in [2.75, 3.05) is 12.4 Å². The molecule has 2 aromatic rings. The van der Waals surface area contributed by atoms with Crippen LogP contribution in [0.1, 0.15) is 11.1 Å². The van der Waals surface area contributed by atoms with Crippen LogP contribution in [0.5, 0.6) is 5.75 Å². The van der Waals surface area contributed by atoms with Gasteiger partial charge >= 0.3 is 0 Å². The van der Waals surface area contributed by atoms with Gasteiger partial charge in [-0.2, -0.15) is 0 Å². The Kier molecular flexibility index (Phi) is 2.99. The van der Waals surface area contributed by atoms with Gasteiger partial charge in [-0.15, -0.1) is 0 Å². The van der Waals surface area contributed by atoms with E-state index >= 15 is 0 Å². The van der Waals surface area contributed by atoms with Gasteiger partial charge < -0.3 is 10.1 Å². The van der Waals surface area contributed by atoms with E-state index < -0.39 is 5.82 Å². The fraction of sp³-hybridized carbons (Fsp3) is 0.0625. The lowest BCUT2D eigenvalue weighted by molar-refractivity contribution is -0.110. The lowest BCUT2D eigenvalue weighted by atomic mass is 10.0. The Morgan fingerprint density at radius 3 is 2.80 bits per heavy atom. The topological polar surface area (TPSA) is 38.3 Å². The number of benzene rings is 2. The smallest absolute Gasteiger partial charge is 0.256 e. The maximum absolute atomic E-state index is 13.8. The number of carbonyl (C=O) groups is 1. The Hall–Kier alpha value is -2.62. The van der Waals surface area contributed by atoms with Gasteiger partial charge in [0.15, 0.2) is 0 Å². The Balaban J connectivity index is 2.11. The number of fused-ring (bicyclic) bond motifs is 1. The van der Waals surface area contributed by atoms with E-state index in [1.807, 2.05) is 24.3 Å². The molecule has 0 spiro atoms. The summed E-state index contributed by atoms with van der Waals surface area (Å²) in [5.74, 6) is -0.0751. The Bertz CT molecular complexity index is 722. The first kappa shape index (κ1) is 12.4. The summed E-state index contributed by atoms with van der Waals surface area (Å²) in [5.41, 5.74) is 2.30.